The van der Waals surface area contributed by atoms with Crippen molar-refractivity contribution in [1.82, 2.24) is 4.42 Å². The lowest BCUT2D eigenvalue weighted by Crippen LogP contribution is -2.19. The van der Waals surface area contributed by atoms with E-state index >= 15 is 0 Å². The number of hydrogen-bond donors (Lipinski definition) is 0. The van der Waals surface area contributed by atoms with Crippen molar-refractivity contribution >= 4 is 35.2 Å². The lowest BCUT2D eigenvalue weighted by atomic mass is 10.6. The van der Waals surface area contributed by atoms with Gasteiger partial charge in [-0.1, -0.05) is 11.6 Å². The second-order valence-electron chi connectivity index (χ2n) is 1.42. The third kappa shape index (κ3) is 0.930. The van der Waals surface area contributed by atoms with Crippen LogP contribution < -0.4 is 0 Å². The molecule has 0 atom stereocenters. The van der Waals surface area contributed by atoms with Gasteiger partial charge in [0.15, 0.2) is 0 Å². The van der Waals surface area contributed by atoms with Crippen LogP contribution in [0.1, 0.15) is 0 Å². The van der Waals surface area contributed by atoms with Gasteiger partial charge >= 0.3 is 0 Å². The Balaban J connectivity index is 2.95. The summed E-state index contributed by atoms with van der Waals surface area (Å²) in [6, 6.07) is 0. The van der Waals surface area contributed by atoms with E-state index in [4.69, 9.17) is 23.4 Å². The molecule has 1 aliphatic heterocycles. The van der Waals surface area contributed by atoms with Crippen molar-refractivity contribution in [3.05, 3.63) is 11.1 Å². The summed E-state index contributed by atoms with van der Waals surface area (Å²) in [5.41, 5.74) is 0. The van der Waals surface area contributed by atoms with Crippen LogP contribution in [0, 0.1) is 0 Å². The minimum atomic E-state index is -0.664. The first kappa shape index (κ1) is 6.58. The molecular formula is C4HCl2NO2. The number of amides is 2. The average Bonchev–Trinajstić information content (AvgIpc) is 1.98. The fourth-order valence-corrected chi connectivity index (χ4v) is 0.782. The molecule has 0 unspecified atom stereocenters. The summed E-state index contributed by atoms with van der Waals surface area (Å²) in [6.07, 6.45) is 0.969. The van der Waals surface area contributed by atoms with Crippen LogP contribution in [0.5, 0.6) is 0 Å². The Morgan fingerprint density at radius 2 is 2.00 bits per heavy atom. The van der Waals surface area contributed by atoms with Crippen molar-refractivity contribution in [3.63, 3.8) is 0 Å². The van der Waals surface area contributed by atoms with Gasteiger partial charge in [-0.15, -0.1) is 0 Å². The summed E-state index contributed by atoms with van der Waals surface area (Å²) < 4.78 is 0.433. The van der Waals surface area contributed by atoms with E-state index in [1.54, 1.807) is 0 Å². The maximum absolute atomic E-state index is 10.5. The molecule has 2 amide bonds. The Morgan fingerprint density at radius 1 is 1.44 bits per heavy atom. The second kappa shape index (κ2) is 2.01. The minimum absolute atomic E-state index is 0.144. The first-order valence-electron chi connectivity index (χ1n) is 2.04. The van der Waals surface area contributed by atoms with Crippen LogP contribution >= 0.6 is 23.4 Å². The van der Waals surface area contributed by atoms with E-state index in [9.17, 15) is 9.59 Å². The van der Waals surface area contributed by atoms with Crippen molar-refractivity contribution in [1.29, 1.82) is 0 Å². The van der Waals surface area contributed by atoms with Crippen LogP contribution in [0.3, 0.4) is 0 Å². The molecule has 9 heavy (non-hydrogen) atoms. The number of carbonyl (C=O) groups is 2. The molecule has 1 aliphatic rings. The molecule has 48 valence electrons. The van der Waals surface area contributed by atoms with Gasteiger partial charge in [-0.05, 0) is 0 Å². The molecule has 0 aliphatic carbocycles. The smallest absolute Gasteiger partial charge is 0.268 e. The number of hydrogen-bond acceptors (Lipinski definition) is 2. The van der Waals surface area contributed by atoms with Crippen LogP contribution in [0.2, 0.25) is 0 Å². The first-order chi connectivity index (χ1) is 4.13. The van der Waals surface area contributed by atoms with E-state index in [1.807, 2.05) is 0 Å². The standard InChI is InChI=1S/C4HCl2NO2/c5-2-1-3(8)7(6)4(2)9/h1H. The highest BCUT2D eigenvalue weighted by Crippen LogP contribution is 2.17. The Kier molecular flexibility index (Phi) is 1.47. The third-order valence-electron chi connectivity index (χ3n) is 0.826. The normalized spacial score (nSPS) is 18.9. The van der Waals surface area contributed by atoms with Crippen molar-refractivity contribution < 1.29 is 9.59 Å². The van der Waals surface area contributed by atoms with Crippen molar-refractivity contribution in [2.75, 3.05) is 0 Å². The minimum Gasteiger partial charge on any atom is -0.268 e. The zero-order chi connectivity index (χ0) is 7.02. The highest BCUT2D eigenvalue weighted by atomic mass is 35.5. The largest absolute Gasteiger partial charge is 0.287 e. The molecule has 5 heteroatoms. The van der Waals surface area contributed by atoms with Crippen molar-refractivity contribution in [2.24, 2.45) is 0 Å². The predicted molar refractivity (Wildman–Crippen MR) is 31.6 cm³/mol. The van der Waals surface area contributed by atoms with Gasteiger partial charge in [-0.3, -0.25) is 9.59 Å². The van der Waals surface area contributed by atoms with E-state index in [0.29, 0.717) is 4.42 Å². The molecule has 0 saturated heterocycles. The quantitative estimate of drug-likeness (QED) is 0.391. The fraction of sp³-hybridized carbons (Fsp3) is 0. The summed E-state index contributed by atoms with van der Waals surface area (Å²) in [4.78, 5) is 20.9. The SMILES string of the molecule is O=C1C=C(Cl)C(=O)N1Cl. The van der Waals surface area contributed by atoms with E-state index in [1.165, 1.54) is 0 Å². The highest BCUT2D eigenvalue weighted by molar-refractivity contribution is 6.51. The topological polar surface area (TPSA) is 37.4 Å². The molecule has 0 aromatic carbocycles. The number of nitrogens with zero attached hydrogens (tertiary/aromatic N) is 1. The first-order valence-corrected chi connectivity index (χ1v) is 2.76. The Morgan fingerprint density at radius 3 is 2.11 bits per heavy atom. The molecular weight excluding hydrogens is 165 g/mol. The van der Waals surface area contributed by atoms with Gasteiger partial charge in [-0.25, -0.2) is 0 Å². The van der Waals surface area contributed by atoms with Crippen LogP contribution in [-0.2, 0) is 9.59 Å². The Labute approximate surface area is 60.9 Å². The maximum Gasteiger partial charge on any atom is 0.287 e. The number of halogens is 2. The third-order valence-corrected chi connectivity index (χ3v) is 1.42. The monoisotopic (exact) mass is 165 g/mol. The van der Waals surface area contributed by atoms with E-state index in [2.05, 4.69) is 0 Å². The predicted octanol–water partition coefficient (Wildman–Crippen LogP) is 0.632. The molecule has 0 radical (unpaired) electrons. The molecule has 0 N–H and O–H groups in total. The lowest BCUT2D eigenvalue weighted by molar-refractivity contribution is -0.131. The molecule has 0 saturated carbocycles. The zero-order valence-corrected chi connectivity index (χ0v) is 5.61. The van der Waals surface area contributed by atoms with Crippen molar-refractivity contribution in [2.45, 2.75) is 0 Å². The average molecular weight is 166 g/mol. The van der Waals surface area contributed by atoms with Gasteiger partial charge in [0.2, 0.25) is 0 Å². The van der Waals surface area contributed by atoms with Gasteiger partial charge < -0.3 is 0 Å². The van der Waals surface area contributed by atoms with Gasteiger partial charge in [0.25, 0.3) is 11.8 Å². The summed E-state index contributed by atoms with van der Waals surface area (Å²) in [6.45, 7) is 0. The van der Waals surface area contributed by atoms with Crippen LogP contribution in [0.15, 0.2) is 11.1 Å². The molecule has 3 nitrogen and oxygen atoms in total. The summed E-state index contributed by atoms with van der Waals surface area (Å²) >= 11 is 10.3. The van der Waals surface area contributed by atoms with Crippen LogP contribution in [0.25, 0.3) is 0 Å². The van der Waals surface area contributed by atoms with Gasteiger partial charge in [0.1, 0.15) is 5.03 Å². The van der Waals surface area contributed by atoms with Crippen LogP contribution in [0.4, 0.5) is 0 Å². The molecule has 0 fully saturated rings. The van der Waals surface area contributed by atoms with Crippen LogP contribution in [-0.4, -0.2) is 16.2 Å². The van der Waals surface area contributed by atoms with E-state index in [-0.39, 0.29) is 5.03 Å². The highest BCUT2D eigenvalue weighted by Gasteiger charge is 2.28. The Hall–Kier alpha value is -0.540. The second-order valence-corrected chi connectivity index (χ2v) is 2.16. The van der Waals surface area contributed by atoms with Crippen molar-refractivity contribution in [3.8, 4) is 0 Å². The molecule has 1 rings (SSSR count). The molecule has 0 bridgehead atoms. The molecule has 1 heterocycles. The molecule has 0 aromatic heterocycles. The maximum atomic E-state index is 10.5. The zero-order valence-electron chi connectivity index (χ0n) is 4.10. The molecule has 0 spiro atoms. The van der Waals surface area contributed by atoms with Gasteiger partial charge in [0.05, 0.1) is 0 Å². The van der Waals surface area contributed by atoms with Gasteiger partial charge in [0, 0.05) is 17.9 Å². The molecule has 0 aromatic rings. The summed E-state index contributed by atoms with van der Waals surface area (Å²) in [5, 5.41) is -0.144. The number of carbonyl (C=O) groups excluding carboxylic acids is 2. The summed E-state index contributed by atoms with van der Waals surface area (Å²) in [7, 11) is 0. The number of imide groups is 1. The Bertz CT molecular complexity index is 211. The van der Waals surface area contributed by atoms with Gasteiger partial charge in [-0.2, -0.15) is 4.42 Å². The summed E-state index contributed by atoms with van der Waals surface area (Å²) in [5.74, 6) is -1.25. The van der Waals surface area contributed by atoms with E-state index in [0.717, 1.165) is 6.08 Å². The van der Waals surface area contributed by atoms with E-state index < -0.39 is 11.8 Å². The lowest BCUT2D eigenvalue weighted by Gasteiger charge is -1.97. The fourth-order valence-electron chi connectivity index (χ4n) is 0.421. The number of rotatable bonds is 0.